The molecule has 0 saturated carbocycles. The van der Waals surface area contributed by atoms with E-state index in [-0.39, 0.29) is 23.9 Å². The molecule has 0 amide bonds. The molecule has 0 aliphatic carbocycles. The molecule has 0 fully saturated rings. The zero-order valence-corrected chi connectivity index (χ0v) is 17.0. The fraction of sp³-hybridized carbons (Fsp3) is 0.273. The zero-order chi connectivity index (χ0) is 20.7. The number of hydrogen-bond acceptors (Lipinski definition) is 4. The van der Waals surface area contributed by atoms with Crippen LogP contribution in [0, 0.1) is 13.8 Å². The van der Waals surface area contributed by atoms with E-state index in [1.54, 1.807) is 11.7 Å². The van der Waals surface area contributed by atoms with Crippen molar-refractivity contribution in [3.8, 4) is 0 Å². The summed E-state index contributed by atoms with van der Waals surface area (Å²) in [5.74, 6) is -0.114. The van der Waals surface area contributed by atoms with E-state index in [0.717, 1.165) is 11.4 Å². The van der Waals surface area contributed by atoms with Gasteiger partial charge in [-0.2, -0.15) is 5.10 Å². The van der Waals surface area contributed by atoms with E-state index in [0.29, 0.717) is 16.6 Å². The Balaban J connectivity index is 1.67. The van der Waals surface area contributed by atoms with Gasteiger partial charge in [-0.1, -0.05) is 30.3 Å². The minimum atomic E-state index is -0.261. The highest BCUT2D eigenvalue weighted by molar-refractivity contribution is 5.97. The number of rotatable bonds is 5. The zero-order valence-electron chi connectivity index (χ0n) is 17.0. The van der Waals surface area contributed by atoms with Crippen molar-refractivity contribution < 1.29 is 4.79 Å². The molecule has 0 unspecified atom stereocenters. The molecule has 4 aromatic rings. The number of aromatic nitrogens is 5. The Bertz CT molecular complexity index is 1260. The molecular formula is C22H23N5O2. The molecule has 29 heavy (non-hydrogen) atoms. The lowest BCUT2D eigenvalue weighted by Crippen LogP contribution is -2.25. The Hall–Kier alpha value is -3.48. The lowest BCUT2D eigenvalue weighted by molar-refractivity contribution is 0.0970. The molecule has 7 heteroatoms. The molecule has 3 heterocycles. The summed E-state index contributed by atoms with van der Waals surface area (Å²) < 4.78 is 5.05. The maximum Gasteiger partial charge on any atom is 0.264 e. The molecule has 0 aliphatic heterocycles. The summed E-state index contributed by atoms with van der Waals surface area (Å²) in [6.45, 7) is 6.01. The second kappa shape index (κ2) is 7.16. The second-order valence-corrected chi connectivity index (χ2v) is 7.35. The van der Waals surface area contributed by atoms with Gasteiger partial charge in [0, 0.05) is 24.0 Å². The summed E-state index contributed by atoms with van der Waals surface area (Å²) >= 11 is 0. The van der Waals surface area contributed by atoms with Gasteiger partial charge in [-0.3, -0.25) is 18.8 Å². The quantitative estimate of drug-likeness (QED) is 0.492. The third-order valence-electron chi connectivity index (χ3n) is 5.49. The van der Waals surface area contributed by atoms with Crippen LogP contribution in [0.2, 0.25) is 0 Å². The van der Waals surface area contributed by atoms with Crippen LogP contribution in [0.3, 0.4) is 0 Å². The Morgan fingerprint density at radius 3 is 2.62 bits per heavy atom. The topological polar surface area (TPSA) is 74.7 Å². The number of ketones is 1. The van der Waals surface area contributed by atoms with Gasteiger partial charge < -0.3 is 4.57 Å². The van der Waals surface area contributed by atoms with Crippen molar-refractivity contribution in [1.29, 1.82) is 0 Å². The van der Waals surface area contributed by atoms with Crippen LogP contribution in [0.5, 0.6) is 0 Å². The predicted octanol–water partition coefficient (Wildman–Crippen LogP) is 3.04. The summed E-state index contributed by atoms with van der Waals surface area (Å²) in [5, 5.41) is 4.47. The smallest absolute Gasteiger partial charge is 0.264 e. The van der Waals surface area contributed by atoms with Gasteiger partial charge in [0.15, 0.2) is 11.4 Å². The average molecular weight is 389 g/mol. The fourth-order valence-corrected chi connectivity index (χ4v) is 3.96. The fourth-order valence-electron chi connectivity index (χ4n) is 3.96. The van der Waals surface area contributed by atoms with Crippen LogP contribution in [-0.2, 0) is 13.6 Å². The summed E-state index contributed by atoms with van der Waals surface area (Å²) in [5.41, 5.74) is 3.96. The van der Waals surface area contributed by atoms with Gasteiger partial charge in [-0.15, -0.1) is 0 Å². The van der Waals surface area contributed by atoms with E-state index in [4.69, 9.17) is 0 Å². The second-order valence-electron chi connectivity index (χ2n) is 7.35. The predicted molar refractivity (Wildman–Crippen MR) is 111 cm³/mol. The van der Waals surface area contributed by atoms with Gasteiger partial charge in [0.1, 0.15) is 11.7 Å². The monoisotopic (exact) mass is 389 g/mol. The Morgan fingerprint density at radius 2 is 1.90 bits per heavy atom. The van der Waals surface area contributed by atoms with Crippen molar-refractivity contribution in [2.45, 2.75) is 33.4 Å². The number of fused-ring (bicyclic) bond motifs is 1. The lowest BCUT2D eigenvalue weighted by Gasteiger charge is -2.19. The van der Waals surface area contributed by atoms with Gasteiger partial charge in [0.2, 0.25) is 0 Å². The maximum absolute atomic E-state index is 13.0. The number of carbonyl (C=O) groups excluding carboxylic acids is 1. The summed E-state index contributed by atoms with van der Waals surface area (Å²) in [6, 6.07) is 12.2. The molecule has 4 rings (SSSR count). The number of Topliss-reactive ketones (excluding diaryl/α,β-unsaturated/α-hetero) is 1. The van der Waals surface area contributed by atoms with Crippen molar-refractivity contribution in [2.75, 3.05) is 0 Å². The minimum Gasteiger partial charge on any atom is -0.341 e. The first-order chi connectivity index (χ1) is 13.9. The number of carbonyl (C=O) groups is 1. The highest BCUT2D eigenvalue weighted by Crippen LogP contribution is 2.26. The van der Waals surface area contributed by atoms with E-state index in [1.807, 2.05) is 38.1 Å². The van der Waals surface area contributed by atoms with Gasteiger partial charge in [-0.25, -0.2) is 4.98 Å². The third-order valence-corrected chi connectivity index (χ3v) is 5.49. The first-order valence-electron chi connectivity index (χ1n) is 9.52. The molecule has 1 atom stereocenters. The van der Waals surface area contributed by atoms with E-state index in [2.05, 4.69) is 33.7 Å². The van der Waals surface area contributed by atoms with Crippen LogP contribution in [-0.4, -0.2) is 29.7 Å². The van der Waals surface area contributed by atoms with Crippen LogP contribution in [0.4, 0.5) is 0 Å². The van der Waals surface area contributed by atoms with Gasteiger partial charge >= 0.3 is 0 Å². The summed E-state index contributed by atoms with van der Waals surface area (Å²) in [7, 11) is 1.73. The van der Waals surface area contributed by atoms with E-state index in [1.165, 1.54) is 22.7 Å². The Morgan fingerprint density at radius 1 is 1.17 bits per heavy atom. The summed E-state index contributed by atoms with van der Waals surface area (Å²) in [4.78, 5) is 30.0. The first-order valence-corrected chi connectivity index (χ1v) is 9.52. The van der Waals surface area contributed by atoms with Crippen LogP contribution < -0.4 is 5.56 Å². The van der Waals surface area contributed by atoms with Gasteiger partial charge in [0.25, 0.3) is 5.56 Å². The molecule has 0 aliphatic rings. The van der Waals surface area contributed by atoms with E-state index in [9.17, 15) is 9.59 Å². The van der Waals surface area contributed by atoms with E-state index < -0.39 is 0 Å². The molecule has 0 N–H and O–H groups in total. The standard InChI is InChI=1S/C22H23N5O2/c1-14-10-18(16(3)27(14)15(2)17-8-6-5-7-9-17)20(28)12-26-13-23-21-19(22(26)29)11-24-25(21)4/h5-11,13,15H,12H2,1-4H3/t15-/m0/s1. The molecule has 0 spiro atoms. The number of nitrogens with zero attached hydrogens (tertiary/aromatic N) is 5. The highest BCUT2D eigenvalue weighted by atomic mass is 16.1. The largest absolute Gasteiger partial charge is 0.341 e. The number of hydrogen-bond donors (Lipinski definition) is 0. The molecular weight excluding hydrogens is 366 g/mol. The molecule has 0 bridgehead atoms. The number of benzene rings is 1. The average Bonchev–Trinajstić information content (AvgIpc) is 3.24. The van der Waals surface area contributed by atoms with Crippen molar-refractivity contribution in [3.63, 3.8) is 0 Å². The van der Waals surface area contributed by atoms with Crippen LogP contribution in [0.25, 0.3) is 11.0 Å². The summed E-state index contributed by atoms with van der Waals surface area (Å²) in [6.07, 6.45) is 2.90. The molecule has 3 aromatic heterocycles. The molecule has 0 radical (unpaired) electrons. The SMILES string of the molecule is Cc1cc(C(=O)Cn2cnc3c(cnn3C)c2=O)c(C)n1[C@@H](C)c1ccccc1. The molecule has 148 valence electrons. The van der Waals surface area contributed by atoms with Crippen LogP contribution in [0.1, 0.15) is 40.3 Å². The van der Waals surface area contributed by atoms with Gasteiger partial charge in [-0.05, 0) is 32.4 Å². The van der Waals surface area contributed by atoms with Crippen molar-refractivity contribution in [2.24, 2.45) is 7.05 Å². The molecule has 0 saturated heterocycles. The normalized spacial score (nSPS) is 12.4. The minimum absolute atomic E-state index is 0.0549. The van der Waals surface area contributed by atoms with Crippen LogP contribution in [0.15, 0.2) is 53.7 Å². The van der Waals surface area contributed by atoms with Crippen molar-refractivity contribution in [1.82, 2.24) is 23.9 Å². The highest BCUT2D eigenvalue weighted by Gasteiger charge is 2.20. The number of aryl methyl sites for hydroxylation is 2. The Labute approximate surface area is 168 Å². The lowest BCUT2D eigenvalue weighted by atomic mass is 10.1. The van der Waals surface area contributed by atoms with E-state index >= 15 is 0 Å². The molecule has 1 aromatic carbocycles. The first kappa shape index (κ1) is 18.9. The third kappa shape index (κ3) is 3.18. The maximum atomic E-state index is 13.0. The van der Waals surface area contributed by atoms with Crippen molar-refractivity contribution >= 4 is 16.8 Å². The van der Waals surface area contributed by atoms with Crippen LogP contribution >= 0.6 is 0 Å². The van der Waals surface area contributed by atoms with Gasteiger partial charge in [0.05, 0.1) is 18.8 Å². The molecule has 7 nitrogen and oxygen atoms in total. The van der Waals surface area contributed by atoms with Crippen molar-refractivity contribution in [3.05, 3.63) is 81.8 Å². The Kier molecular flexibility index (Phi) is 4.66.